The summed E-state index contributed by atoms with van der Waals surface area (Å²) < 4.78 is 26.1. The molecule has 3 aromatic rings. The van der Waals surface area contributed by atoms with Crippen LogP contribution in [0.3, 0.4) is 0 Å². The van der Waals surface area contributed by atoms with Gasteiger partial charge in [0.25, 0.3) is 0 Å². The van der Waals surface area contributed by atoms with Crippen LogP contribution in [0.2, 0.25) is 0 Å². The van der Waals surface area contributed by atoms with Crippen LogP contribution in [0.4, 0.5) is 0 Å². The van der Waals surface area contributed by atoms with E-state index in [0.29, 0.717) is 41.4 Å². The monoisotopic (exact) mass is 490 g/mol. The second kappa shape index (κ2) is 13.3. The average molecular weight is 491 g/mol. The smallest absolute Gasteiger partial charge is 0.343 e. The van der Waals surface area contributed by atoms with Gasteiger partial charge in [-0.1, -0.05) is 18.7 Å². The largest absolute Gasteiger partial charge is 0.494 e. The van der Waals surface area contributed by atoms with E-state index in [9.17, 15) is 14.4 Å². The van der Waals surface area contributed by atoms with E-state index in [1.165, 1.54) is 0 Å². The summed E-state index contributed by atoms with van der Waals surface area (Å²) in [5.74, 6) is -0.0203. The number of esters is 3. The fourth-order valence-electron chi connectivity index (χ4n) is 2.99. The second-order valence-corrected chi connectivity index (χ2v) is 7.33. The van der Waals surface area contributed by atoms with Crippen LogP contribution >= 0.6 is 0 Å². The molecule has 8 nitrogen and oxygen atoms in total. The Balaban J connectivity index is 1.42. The number of carbonyl (C=O) groups is 3. The molecule has 0 saturated carbocycles. The van der Waals surface area contributed by atoms with Gasteiger partial charge in [0, 0.05) is 12.5 Å². The van der Waals surface area contributed by atoms with Crippen LogP contribution in [0, 0.1) is 0 Å². The fraction of sp³-hybridized carbons (Fsp3) is 0.179. The quantitative estimate of drug-likeness (QED) is 0.155. The van der Waals surface area contributed by atoms with Crippen molar-refractivity contribution >= 4 is 17.9 Å². The third kappa shape index (κ3) is 8.02. The maximum Gasteiger partial charge on any atom is 0.343 e. The predicted octanol–water partition coefficient (Wildman–Crippen LogP) is 4.77. The van der Waals surface area contributed by atoms with Crippen molar-refractivity contribution in [1.82, 2.24) is 0 Å². The molecular weight excluding hydrogens is 464 g/mol. The lowest BCUT2D eigenvalue weighted by molar-refractivity contribution is -0.144. The van der Waals surface area contributed by atoms with Crippen molar-refractivity contribution < 1.29 is 38.1 Å². The summed E-state index contributed by atoms with van der Waals surface area (Å²) >= 11 is 0. The summed E-state index contributed by atoms with van der Waals surface area (Å²) in [5.41, 5.74) is 1.71. The summed E-state index contributed by atoms with van der Waals surface area (Å²) in [5, 5.41) is 0. The Bertz CT molecular complexity index is 1170. The Hall–Kier alpha value is -4.59. The highest BCUT2D eigenvalue weighted by atomic mass is 16.7. The molecule has 0 unspecified atom stereocenters. The van der Waals surface area contributed by atoms with E-state index in [4.69, 9.17) is 23.7 Å². The molecule has 0 N–H and O–H groups in total. The van der Waals surface area contributed by atoms with E-state index in [0.717, 1.165) is 11.6 Å². The van der Waals surface area contributed by atoms with E-state index in [1.54, 1.807) is 72.8 Å². The zero-order valence-electron chi connectivity index (χ0n) is 19.8. The maximum absolute atomic E-state index is 12.4. The first kappa shape index (κ1) is 26.0. The molecular formula is C28H26O8. The molecule has 0 heterocycles. The van der Waals surface area contributed by atoms with Crippen molar-refractivity contribution in [1.29, 1.82) is 0 Å². The minimum atomic E-state index is -0.592. The number of hydrogen-bond acceptors (Lipinski definition) is 8. The Morgan fingerprint density at radius 1 is 0.722 bits per heavy atom. The van der Waals surface area contributed by atoms with Crippen molar-refractivity contribution in [2.75, 3.05) is 20.0 Å². The molecule has 0 aliphatic heterocycles. The molecule has 8 heteroatoms. The molecule has 0 amide bonds. The first-order valence-electron chi connectivity index (χ1n) is 11.2. The van der Waals surface area contributed by atoms with Crippen molar-refractivity contribution in [3.05, 3.63) is 102 Å². The zero-order chi connectivity index (χ0) is 25.8. The molecule has 186 valence electrons. The molecule has 0 radical (unpaired) electrons. The Morgan fingerprint density at radius 2 is 1.28 bits per heavy atom. The predicted molar refractivity (Wildman–Crippen MR) is 131 cm³/mol. The summed E-state index contributed by atoms with van der Waals surface area (Å²) in [4.78, 5) is 35.6. The zero-order valence-corrected chi connectivity index (χ0v) is 19.8. The minimum absolute atomic E-state index is 0.215. The van der Waals surface area contributed by atoms with Gasteiger partial charge in [-0.2, -0.15) is 0 Å². The lowest BCUT2D eigenvalue weighted by atomic mass is 10.1. The third-order valence-electron chi connectivity index (χ3n) is 4.84. The van der Waals surface area contributed by atoms with Gasteiger partial charge in [-0.05, 0) is 73.2 Å². The van der Waals surface area contributed by atoms with Crippen LogP contribution in [-0.2, 0) is 20.7 Å². The van der Waals surface area contributed by atoms with Crippen LogP contribution < -0.4 is 14.2 Å². The third-order valence-corrected chi connectivity index (χ3v) is 4.84. The van der Waals surface area contributed by atoms with Gasteiger partial charge < -0.3 is 23.7 Å². The molecule has 0 bridgehead atoms. The topological polar surface area (TPSA) is 97.4 Å². The van der Waals surface area contributed by atoms with Gasteiger partial charge in [0.05, 0.1) is 24.3 Å². The van der Waals surface area contributed by atoms with Gasteiger partial charge in [0.2, 0.25) is 6.79 Å². The van der Waals surface area contributed by atoms with Gasteiger partial charge in [-0.15, -0.1) is 0 Å². The molecule has 36 heavy (non-hydrogen) atoms. The maximum atomic E-state index is 12.4. The van der Waals surface area contributed by atoms with Crippen molar-refractivity contribution in [2.45, 2.75) is 13.3 Å². The van der Waals surface area contributed by atoms with Gasteiger partial charge >= 0.3 is 17.9 Å². The van der Waals surface area contributed by atoms with Gasteiger partial charge in [-0.3, -0.25) is 0 Å². The molecule has 0 aliphatic carbocycles. The number of carbonyl (C=O) groups excluding carboxylic acids is 3. The highest BCUT2D eigenvalue weighted by molar-refractivity contribution is 5.91. The van der Waals surface area contributed by atoms with Crippen molar-refractivity contribution in [2.24, 2.45) is 0 Å². The van der Waals surface area contributed by atoms with E-state index >= 15 is 0 Å². The summed E-state index contributed by atoms with van der Waals surface area (Å²) in [6.07, 6.45) is 1.55. The molecule has 0 fully saturated rings. The molecule has 3 aromatic carbocycles. The first-order chi connectivity index (χ1) is 17.5. The summed E-state index contributed by atoms with van der Waals surface area (Å²) in [7, 11) is 0. The van der Waals surface area contributed by atoms with E-state index in [1.807, 2.05) is 6.92 Å². The number of rotatable bonds is 12. The molecule has 3 rings (SSSR count). The van der Waals surface area contributed by atoms with E-state index in [-0.39, 0.29) is 13.4 Å². The molecule has 0 atom stereocenters. The SMILES string of the molecule is C=CC(=O)OCOc1ccc(C(=O)Oc2ccc(CCOC(=O)c3ccc(OCC)cc3)cc2)cc1. The van der Waals surface area contributed by atoms with Gasteiger partial charge in [0.1, 0.15) is 17.2 Å². The minimum Gasteiger partial charge on any atom is -0.494 e. The second-order valence-electron chi connectivity index (χ2n) is 7.33. The standard InChI is InChI=1S/C28H26O8/c1-3-26(29)35-19-34-24-15-9-22(10-16-24)28(31)36-25-11-5-20(6-12-25)17-18-33-27(30)21-7-13-23(14-8-21)32-4-2/h3,5-16H,1,4,17-19H2,2H3. The first-order valence-corrected chi connectivity index (χ1v) is 11.2. The average Bonchev–Trinajstić information content (AvgIpc) is 2.90. The van der Waals surface area contributed by atoms with Crippen molar-refractivity contribution in [3.63, 3.8) is 0 Å². The van der Waals surface area contributed by atoms with Crippen LogP contribution in [0.5, 0.6) is 17.2 Å². The number of benzene rings is 3. The Morgan fingerprint density at radius 3 is 1.86 bits per heavy atom. The lowest BCUT2D eigenvalue weighted by Gasteiger charge is -2.08. The van der Waals surface area contributed by atoms with Gasteiger partial charge in [0.15, 0.2) is 0 Å². The van der Waals surface area contributed by atoms with Crippen LogP contribution in [0.1, 0.15) is 33.2 Å². The van der Waals surface area contributed by atoms with E-state index in [2.05, 4.69) is 6.58 Å². The Kier molecular flexibility index (Phi) is 9.64. The van der Waals surface area contributed by atoms with Crippen molar-refractivity contribution in [3.8, 4) is 17.2 Å². The summed E-state index contributed by atoms with van der Waals surface area (Å²) in [6, 6.07) is 19.9. The highest BCUT2D eigenvalue weighted by Crippen LogP contribution is 2.18. The lowest BCUT2D eigenvalue weighted by Crippen LogP contribution is -2.10. The van der Waals surface area contributed by atoms with Crippen LogP contribution in [-0.4, -0.2) is 37.9 Å². The number of ether oxygens (including phenoxy) is 5. The molecule has 0 saturated heterocycles. The molecule has 0 aliphatic rings. The van der Waals surface area contributed by atoms with Crippen LogP contribution in [0.15, 0.2) is 85.5 Å². The normalized spacial score (nSPS) is 10.1. The Labute approximate surface area is 209 Å². The fourth-order valence-corrected chi connectivity index (χ4v) is 2.99. The number of hydrogen-bond donors (Lipinski definition) is 0. The van der Waals surface area contributed by atoms with E-state index < -0.39 is 17.9 Å². The highest BCUT2D eigenvalue weighted by Gasteiger charge is 2.10. The summed E-state index contributed by atoms with van der Waals surface area (Å²) in [6.45, 7) is 5.69. The molecule has 0 aromatic heterocycles. The molecule has 0 spiro atoms. The van der Waals surface area contributed by atoms with Crippen LogP contribution in [0.25, 0.3) is 0 Å². The van der Waals surface area contributed by atoms with Gasteiger partial charge in [-0.25, -0.2) is 14.4 Å².